The SMILES string of the molecule is NC(=O)C1=CN(CCCC(=O)NCCc2ccccc2)C=CC1. The fourth-order valence-electron chi connectivity index (χ4n) is 2.42. The lowest BCUT2D eigenvalue weighted by Gasteiger charge is -2.20. The summed E-state index contributed by atoms with van der Waals surface area (Å²) >= 11 is 0. The first-order valence-electron chi connectivity index (χ1n) is 7.88. The number of primary amides is 1. The van der Waals surface area contributed by atoms with Crippen molar-refractivity contribution in [1.29, 1.82) is 0 Å². The van der Waals surface area contributed by atoms with Gasteiger partial charge in [0.25, 0.3) is 0 Å². The molecule has 0 bridgehead atoms. The highest BCUT2D eigenvalue weighted by atomic mass is 16.1. The Morgan fingerprint density at radius 1 is 1.22 bits per heavy atom. The number of nitrogens with zero attached hydrogens (tertiary/aromatic N) is 1. The molecule has 1 heterocycles. The summed E-state index contributed by atoms with van der Waals surface area (Å²) in [5, 5.41) is 2.93. The van der Waals surface area contributed by atoms with Crippen molar-refractivity contribution in [3.63, 3.8) is 0 Å². The van der Waals surface area contributed by atoms with E-state index in [4.69, 9.17) is 5.73 Å². The molecule has 2 rings (SSSR count). The van der Waals surface area contributed by atoms with Gasteiger partial charge in [-0.2, -0.15) is 0 Å². The molecule has 0 atom stereocenters. The third-order valence-corrected chi connectivity index (χ3v) is 3.67. The van der Waals surface area contributed by atoms with Crippen molar-refractivity contribution in [2.75, 3.05) is 13.1 Å². The van der Waals surface area contributed by atoms with Crippen molar-refractivity contribution in [3.8, 4) is 0 Å². The third kappa shape index (κ3) is 5.98. The van der Waals surface area contributed by atoms with Gasteiger partial charge in [-0.05, 0) is 31.0 Å². The molecule has 2 amide bonds. The minimum Gasteiger partial charge on any atom is -0.366 e. The van der Waals surface area contributed by atoms with Crippen LogP contribution in [0.15, 0.2) is 54.4 Å². The molecular weight excluding hydrogens is 290 g/mol. The van der Waals surface area contributed by atoms with Gasteiger partial charge in [0.15, 0.2) is 0 Å². The van der Waals surface area contributed by atoms with E-state index in [0.717, 1.165) is 12.8 Å². The molecule has 0 fully saturated rings. The van der Waals surface area contributed by atoms with Crippen LogP contribution in [-0.2, 0) is 16.0 Å². The fraction of sp³-hybridized carbons (Fsp3) is 0.333. The number of nitrogens with one attached hydrogen (secondary N) is 1. The Morgan fingerprint density at radius 2 is 2.00 bits per heavy atom. The van der Waals surface area contributed by atoms with Crippen LogP contribution in [0.4, 0.5) is 0 Å². The van der Waals surface area contributed by atoms with Crippen LogP contribution >= 0.6 is 0 Å². The fourth-order valence-corrected chi connectivity index (χ4v) is 2.42. The maximum Gasteiger partial charge on any atom is 0.246 e. The molecule has 5 nitrogen and oxygen atoms in total. The minimum atomic E-state index is -0.391. The molecule has 0 radical (unpaired) electrons. The zero-order valence-electron chi connectivity index (χ0n) is 13.2. The molecule has 0 saturated heterocycles. The first-order chi connectivity index (χ1) is 11.1. The van der Waals surface area contributed by atoms with Gasteiger partial charge in [-0.1, -0.05) is 36.4 Å². The summed E-state index contributed by atoms with van der Waals surface area (Å²) in [6.07, 6.45) is 8.19. The zero-order valence-corrected chi connectivity index (χ0v) is 13.2. The maximum atomic E-state index is 11.8. The topological polar surface area (TPSA) is 75.4 Å². The van der Waals surface area contributed by atoms with E-state index in [0.29, 0.717) is 31.5 Å². The van der Waals surface area contributed by atoms with Gasteiger partial charge in [-0.25, -0.2) is 0 Å². The Morgan fingerprint density at radius 3 is 2.74 bits per heavy atom. The predicted octanol–water partition coefficient (Wildman–Crippen LogP) is 1.71. The van der Waals surface area contributed by atoms with Crippen molar-refractivity contribution < 1.29 is 9.59 Å². The lowest BCUT2D eigenvalue weighted by Crippen LogP contribution is -2.27. The molecular formula is C18H23N3O2. The number of hydrogen-bond donors (Lipinski definition) is 2. The molecule has 23 heavy (non-hydrogen) atoms. The molecule has 0 unspecified atom stereocenters. The van der Waals surface area contributed by atoms with E-state index in [2.05, 4.69) is 17.4 Å². The number of carbonyl (C=O) groups excluding carboxylic acids is 2. The molecule has 0 aromatic heterocycles. The van der Waals surface area contributed by atoms with E-state index in [1.54, 1.807) is 6.20 Å². The second kappa shape index (κ2) is 8.78. The normalized spacial score (nSPS) is 13.6. The molecule has 1 aliphatic heterocycles. The Labute approximate surface area is 136 Å². The quantitative estimate of drug-likeness (QED) is 0.767. The molecule has 1 aromatic rings. The van der Waals surface area contributed by atoms with E-state index in [1.807, 2.05) is 35.4 Å². The van der Waals surface area contributed by atoms with E-state index in [1.165, 1.54) is 5.56 Å². The lowest BCUT2D eigenvalue weighted by atomic mass is 10.1. The van der Waals surface area contributed by atoms with Crippen LogP contribution in [0.3, 0.4) is 0 Å². The minimum absolute atomic E-state index is 0.0565. The Balaban J connectivity index is 1.62. The van der Waals surface area contributed by atoms with Gasteiger partial charge in [0.1, 0.15) is 0 Å². The summed E-state index contributed by atoms with van der Waals surface area (Å²) < 4.78 is 0. The number of hydrogen-bond acceptors (Lipinski definition) is 3. The van der Waals surface area contributed by atoms with Crippen LogP contribution in [0.25, 0.3) is 0 Å². The monoisotopic (exact) mass is 313 g/mol. The number of allylic oxidation sites excluding steroid dienone is 1. The zero-order chi connectivity index (χ0) is 16.5. The van der Waals surface area contributed by atoms with Gasteiger partial charge in [-0.3, -0.25) is 9.59 Å². The van der Waals surface area contributed by atoms with Gasteiger partial charge in [0, 0.05) is 31.3 Å². The van der Waals surface area contributed by atoms with Crippen molar-refractivity contribution >= 4 is 11.8 Å². The smallest absolute Gasteiger partial charge is 0.246 e. The standard InChI is InChI=1S/C18H23N3O2/c19-18(23)16-8-4-12-21(14-16)13-5-9-17(22)20-11-10-15-6-2-1-3-7-15/h1-4,6-7,12,14H,5,8-11,13H2,(H2,19,23)(H,20,22). The number of rotatable bonds is 8. The van der Waals surface area contributed by atoms with E-state index < -0.39 is 5.91 Å². The van der Waals surface area contributed by atoms with E-state index >= 15 is 0 Å². The summed E-state index contributed by atoms with van der Waals surface area (Å²) in [6, 6.07) is 10.1. The largest absolute Gasteiger partial charge is 0.366 e. The summed E-state index contributed by atoms with van der Waals surface area (Å²) in [6.45, 7) is 1.34. The first kappa shape index (κ1) is 16.8. The van der Waals surface area contributed by atoms with Crippen LogP contribution in [0.5, 0.6) is 0 Å². The van der Waals surface area contributed by atoms with Gasteiger partial charge in [0.05, 0.1) is 0 Å². The highest BCUT2D eigenvalue weighted by molar-refractivity contribution is 5.92. The van der Waals surface area contributed by atoms with Gasteiger partial charge < -0.3 is 16.0 Å². The van der Waals surface area contributed by atoms with Crippen LogP contribution in [0, 0.1) is 0 Å². The van der Waals surface area contributed by atoms with Crippen molar-refractivity contribution in [1.82, 2.24) is 10.2 Å². The first-order valence-corrected chi connectivity index (χ1v) is 7.88. The van der Waals surface area contributed by atoms with Crippen LogP contribution in [0.2, 0.25) is 0 Å². The molecule has 0 aliphatic carbocycles. The van der Waals surface area contributed by atoms with Gasteiger partial charge in [0.2, 0.25) is 11.8 Å². The second-order valence-corrected chi connectivity index (χ2v) is 5.53. The number of amides is 2. The Kier molecular flexibility index (Phi) is 6.41. The second-order valence-electron chi connectivity index (χ2n) is 5.53. The number of benzene rings is 1. The van der Waals surface area contributed by atoms with Crippen molar-refractivity contribution in [2.45, 2.75) is 25.7 Å². The van der Waals surface area contributed by atoms with Gasteiger partial charge >= 0.3 is 0 Å². The molecule has 0 saturated carbocycles. The summed E-state index contributed by atoms with van der Waals surface area (Å²) in [5.41, 5.74) is 7.09. The van der Waals surface area contributed by atoms with Gasteiger partial charge in [-0.15, -0.1) is 0 Å². The summed E-state index contributed by atoms with van der Waals surface area (Å²) in [7, 11) is 0. The summed E-state index contributed by atoms with van der Waals surface area (Å²) in [5.74, 6) is -0.334. The molecule has 1 aliphatic rings. The van der Waals surface area contributed by atoms with Crippen molar-refractivity contribution in [3.05, 3.63) is 59.9 Å². The third-order valence-electron chi connectivity index (χ3n) is 3.67. The average Bonchev–Trinajstić information content (AvgIpc) is 2.56. The highest BCUT2D eigenvalue weighted by Crippen LogP contribution is 2.12. The van der Waals surface area contributed by atoms with E-state index in [9.17, 15) is 9.59 Å². The Hall–Kier alpha value is -2.56. The molecule has 3 N–H and O–H groups in total. The van der Waals surface area contributed by atoms with Crippen LogP contribution < -0.4 is 11.1 Å². The van der Waals surface area contributed by atoms with E-state index in [-0.39, 0.29) is 5.91 Å². The summed E-state index contributed by atoms with van der Waals surface area (Å²) in [4.78, 5) is 24.9. The highest BCUT2D eigenvalue weighted by Gasteiger charge is 2.10. The molecule has 5 heteroatoms. The predicted molar refractivity (Wildman–Crippen MR) is 90.1 cm³/mol. The maximum absolute atomic E-state index is 11.8. The Bertz CT molecular complexity index is 594. The van der Waals surface area contributed by atoms with Crippen LogP contribution in [-0.4, -0.2) is 29.8 Å². The molecule has 0 spiro atoms. The number of carbonyl (C=O) groups is 2. The number of nitrogens with two attached hydrogens (primary N) is 1. The van der Waals surface area contributed by atoms with Crippen molar-refractivity contribution in [2.24, 2.45) is 5.73 Å². The molecule has 1 aromatic carbocycles. The lowest BCUT2D eigenvalue weighted by molar-refractivity contribution is -0.121. The average molecular weight is 313 g/mol. The molecule has 122 valence electrons. The van der Waals surface area contributed by atoms with Crippen LogP contribution in [0.1, 0.15) is 24.8 Å².